The summed E-state index contributed by atoms with van der Waals surface area (Å²) in [6.07, 6.45) is 1.67. The van der Waals surface area contributed by atoms with Gasteiger partial charge in [-0.2, -0.15) is 0 Å². The Morgan fingerprint density at radius 1 is 1.56 bits per heavy atom. The molecule has 16 heavy (non-hydrogen) atoms. The Balaban J connectivity index is 1.70. The zero-order valence-corrected chi connectivity index (χ0v) is 9.67. The molecule has 0 aliphatic heterocycles. The van der Waals surface area contributed by atoms with E-state index in [4.69, 9.17) is 10.2 Å². The van der Waals surface area contributed by atoms with Crippen molar-refractivity contribution < 1.29 is 15.0 Å². The first-order valence-electron chi connectivity index (χ1n) is 5.34. The zero-order chi connectivity index (χ0) is 11.5. The van der Waals surface area contributed by atoms with Gasteiger partial charge in [0.1, 0.15) is 0 Å². The average molecular weight is 241 g/mol. The van der Waals surface area contributed by atoms with Gasteiger partial charge in [0, 0.05) is 16.8 Å². The van der Waals surface area contributed by atoms with E-state index in [9.17, 15) is 4.79 Å². The first kappa shape index (κ1) is 11.6. The van der Waals surface area contributed by atoms with E-state index in [2.05, 4.69) is 5.32 Å². The van der Waals surface area contributed by atoms with Crippen molar-refractivity contribution in [2.75, 3.05) is 6.54 Å². The van der Waals surface area contributed by atoms with Crippen molar-refractivity contribution in [3.63, 3.8) is 0 Å². The van der Waals surface area contributed by atoms with Crippen molar-refractivity contribution >= 4 is 17.3 Å². The largest absolute Gasteiger partial charge is 0.478 e. The number of rotatable bonds is 5. The van der Waals surface area contributed by atoms with E-state index < -0.39 is 5.97 Å². The van der Waals surface area contributed by atoms with Gasteiger partial charge in [0.2, 0.25) is 0 Å². The van der Waals surface area contributed by atoms with Crippen molar-refractivity contribution in [2.24, 2.45) is 5.92 Å². The first-order chi connectivity index (χ1) is 7.65. The molecule has 3 N–H and O–H groups in total. The average Bonchev–Trinajstić information content (AvgIpc) is 2.63. The van der Waals surface area contributed by atoms with Crippen LogP contribution in [0.1, 0.15) is 28.1 Å². The maximum atomic E-state index is 10.6. The Kier molecular flexibility index (Phi) is 3.58. The summed E-state index contributed by atoms with van der Waals surface area (Å²) >= 11 is 1.46. The predicted octanol–water partition coefficient (Wildman–Crippen LogP) is 1.31. The summed E-state index contributed by atoms with van der Waals surface area (Å²) in [6.45, 7) is 1.61. The second-order valence-electron chi connectivity index (χ2n) is 4.23. The quantitative estimate of drug-likeness (QED) is 0.727. The predicted molar refractivity (Wildman–Crippen MR) is 61.7 cm³/mol. The number of aromatic carboxylic acids is 1. The van der Waals surface area contributed by atoms with Gasteiger partial charge in [-0.25, -0.2) is 4.79 Å². The smallest absolute Gasteiger partial charge is 0.336 e. The molecular weight excluding hydrogens is 226 g/mol. The van der Waals surface area contributed by atoms with Crippen LogP contribution >= 0.6 is 11.3 Å². The lowest BCUT2D eigenvalue weighted by Crippen LogP contribution is -2.35. The van der Waals surface area contributed by atoms with Gasteiger partial charge in [-0.1, -0.05) is 0 Å². The minimum Gasteiger partial charge on any atom is -0.478 e. The van der Waals surface area contributed by atoms with E-state index in [0.29, 0.717) is 18.0 Å². The summed E-state index contributed by atoms with van der Waals surface area (Å²) < 4.78 is 0. The van der Waals surface area contributed by atoms with Crippen LogP contribution in [0, 0.1) is 5.92 Å². The molecule has 1 saturated carbocycles. The minimum atomic E-state index is -0.871. The number of carboxylic acids is 1. The summed E-state index contributed by atoms with van der Waals surface area (Å²) in [4.78, 5) is 11.7. The summed E-state index contributed by atoms with van der Waals surface area (Å²) in [5, 5.41) is 22.8. The van der Waals surface area contributed by atoms with Crippen molar-refractivity contribution in [2.45, 2.75) is 25.5 Å². The SMILES string of the molecule is O=C(O)c1csc(CNCC2CC(O)C2)c1. The third kappa shape index (κ3) is 2.81. The van der Waals surface area contributed by atoms with Crippen molar-refractivity contribution in [1.29, 1.82) is 0 Å². The van der Waals surface area contributed by atoms with Gasteiger partial charge in [-0.3, -0.25) is 0 Å². The van der Waals surface area contributed by atoms with Crippen LogP contribution in [0.2, 0.25) is 0 Å². The Morgan fingerprint density at radius 2 is 2.31 bits per heavy atom. The molecule has 0 bridgehead atoms. The van der Waals surface area contributed by atoms with Gasteiger partial charge in [0.05, 0.1) is 11.7 Å². The van der Waals surface area contributed by atoms with E-state index in [0.717, 1.165) is 24.3 Å². The molecule has 1 aromatic heterocycles. The fraction of sp³-hybridized carbons (Fsp3) is 0.545. The van der Waals surface area contributed by atoms with Crippen LogP contribution < -0.4 is 5.32 Å². The number of carboxylic acid groups (broad SMARTS) is 1. The number of thiophene rings is 1. The molecule has 0 amide bonds. The Morgan fingerprint density at radius 3 is 2.88 bits per heavy atom. The highest BCUT2D eigenvalue weighted by Gasteiger charge is 2.26. The first-order valence-corrected chi connectivity index (χ1v) is 6.22. The summed E-state index contributed by atoms with van der Waals surface area (Å²) in [5.74, 6) is -0.293. The van der Waals surface area contributed by atoms with Crippen molar-refractivity contribution in [1.82, 2.24) is 5.32 Å². The molecule has 4 nitrogen and oxygen atoms in total. The number of nitrogens with one attached hydrogen (secondary N) is 1. The zero-order valence-electron chi connectivity index (χ0n) is 8.85. The van der Waals surface area contributed by atoms with Crippen LogP contribution in [0.4, 0.5) is 0 Å². The highest BCUT2D eigenvalue weighted by atomic mass is 32.1. The molecule has 0 spiro atoms. The lowest BCUT2D eigenvalue weighted by atomic mass is 9.82. The van der Waals surface area contributed by atoms with Crippen LogP contribution in [0.15, 0.2) is 11.4 Å². The van der Waals surface area contributed by atoms with Crippen LogP contribution in [-0.4, -0.2) is 28.8 Å². The number of carbonyl (C=O) groups is 1. The van der Waals surface area contributed by atoms with Gasteiger partial charge in [-0.05, 0) is 31.4 Å². The van der Waals surface area contributed by atoms with Gasteiger partial charge in [0.25, 0.3) is 0 Å². The monoisotopic (exact) mass is 241 g/mol. The molecule has 1 aromatic rings. The molecule has 2 rings (SSSR count). The van der Waals surface area contributed by atoms with Crippen molar-refractivity contribution in [3.05, 3.63) is 21.9 Å². The molecule has 0 saturated heterocycles. The Labute approximate surface area is 97.9 Å². The molecule has 0 atom stereocenters. The van der Waals surface area contributed by atoms with E-state index in [-0.39, 0.29) is 6.10 Å². The molecule has 88 valence electrons. The molecular formula is C11H15NO3S. The third-order valence-corrected chi connectivity index (χ3v) is 3.78. The summed E-state index contributed by atoms with van der Waals surface area (Å²) in [5.41, 5.74) is 0.362. The van der Waals surface area contributed by atoms with Gasteiger partial charge < -0.3 is 15.5 Å². The van der Waals surface area contributed by atoms with Gasteiger partial charge in [0.15, 0.2) is 0 Å². The van der Waals surface area contributed by atoms with Crippen LogP contribution in [0.25, 0.3) is 0 Å². The normalized spacial score (nSPS) is 24.1. The van der Waals surface area contributed by atoms with Crippen LogP contribution in [0.5, 0.6) is 0 Å². The van der Waals surface area contributed by atoms with Crippen LogP contribution in [-0.2, 0) is 6.54 Å². The van der Waals surface area contributed by atoms with E-state index >= 15 is 0 Å². The fourth-order valence-electron chi connectivity index (χ4n) is 1.85. The van der Waals surface area contributed by atoms with Gasteiger partial charge >= 0.3 is 5.97 Å². The molecule has 5 heteroatoms. The number of hydrogen-bond acceptors (Lipinski definition) is 4. The van der Waals surface area contributed by atoms with E-state index in [1.54, 1.807) is 11.4 Å². The third-order valence-electron chi connectivity index (χ3n) is 2.84. The molecule has 1 aliphatic carbocycles. The van der Waals surface area contributed by atoms with Crippen LogP contribution in [0.3, 0.4) is 0 Å². The summed E-state index contributed by atoms with van der Waals surface area (Å²) in [6, 6.07) is 1.70. The highest BCUT2D eigenvalue weighted by Crippen LogP contribution is 2.26. The lowest BCUT2D eigenvalue weighted by molar-refractivity contribution is 0.0430. The Bertz CT molecular complexity index is 371. The molecule has 0 radical (unpaired) electrons. The van der Waals surface area contributed by atoms with E-state index in [1.807, 2.05) is 0 Å². The number of aliphatic hydroxyl groups excluding tert-OH is 1. The van der Waals surface area contributed by atoms with Gasteiger partial charge in [-0.15, -0.1) is 11.3 Å². The molecule has 1 heterocycles. The Hall–Kier alpha value is -0.910. The second kappa shape index (κ2) is 4.95. The highest BCUT2D eigenvalue weighted by molar-refractivity contribution is 7.10. The fourth-order valence-corrected chi connectivity index (χ4v) is 2.68. The number of aliphatic hydroxyl groups is 1. The second-order valence-corrected chi connectivity index (χ2v) is 5.22. The number of hydrogen-bond donors (Lipinski definition) is 3. The standard InChI is InChI=1S/C11H15NO3S/c13-9-1-7(2-9)4-12-5-10-3-8(6-16-10)11(14)15/h3,6-7,9,12-13H,1-2,4-5H2,(H,14,15). The minimum absolute atomic E-state index is 0.104. The summed E-state index contributed by atoms with van der Waals surface area (Å²) in [7, 11) is 0. The molecule has 0 aromatic carbocycles. The topological polar surface area (TPSA) is 69.6 Å². The maximum Gasteiger partial charge on any atom is 0.336 e. The molecule has 1 fully saturated rings. The molecule has 0 unspecified atom stereocenters. The lowest BCUT2D eigenvalue weighted by Gasteiger charge is -2.31. The van der Waals surface area contributed by atoms with Crippen molar-refractivity contribution in [3.8, 4) is 0 Å². The van der Waals surface area contributed by atoms with E-state index in [1.165, 1.54) is 11.3 Å². The maximum absolute atomic E-state index is 10.6. The molecule has 1 aliphatic rings.